The third-order valence-electron chi connectivity index (χ3n) is 2.03. The third kappa shape index (κ3) is 2.31. The van der Waals surface area contributed by atoms with E-state index in [9.17, 15) is 4.39 Å². The molecule has 1 aromatic carbocycles. The Kier molecular flexibility index (Phi) is 2.62. The van der Waals surface area contributed by atoms with Crippen LogP contribution in [0.3, 0.4) is 0 Å². The molecule has 0 aliphatic rings. The van der Waals surface area contributed by atoms with Gasteiger partial charge in [0.15, 0.2) is 0 Å². The Hall–Kier alpha value is -1.91. The largest absolute Gasteiger partial charge is 0.379 e. The van der Waals surface area contributed by atoms with E-state index in [-0.39, 0.29) is 5.82 Å². The summed E-state index contributed by atoms with van der Waals surface area (Å²) >= 11 is 0. The Balaban J connectivity index is 2.02. The number of nitrogens with zero attached hydrogens (tertiary/aromatic N) is 2. The van der Waals surface area contributed by atoms with Crippen LogP contribution in [0.5, 0.6) is 0 Å². The minimum absolute atomic E-state index is 0.269. The predicted molar refractivity (Wildman–Crippen MR) is 52.8 cm³/mol. The van der Waals surface area contributed by atoms with Crippen LogP contribution in [-0.2, 0) is 6.54 Å². The van der Waals surface area contributed by atoms with Crippen molar-refractivity contribution < 1.29 is 9.02 Å². The van der Waals surface area contributed by atoms with Gasteiger partial charge < -0.3 is 5.32 Å². The Morgan fingerprint density at radius 1 is 1.40 bits per heavy atom. The molecule has 1 heterocycles. The van der Waals surface area contributed by atoms with Gasteiger partial charge in [0.1, 0.15) is 17.2 Å². The van der Waals surface area contributed by atoms with E-state index in [4.69, 9.17) is 0 Å². The summed E-state index contributed by atoms with van der Waals surface area (Å²) in [5.74, 6) is -0.269. The second-order valence-electron chi connectivity index (χ2n) is 3.16. The minimum Gasteiger partial charge on any atom is -0.379 e. The van der Waals surface area contributed by atoms with Crippen LogP contribution in [0.2, 0.25) is 0 Å². The summed E-state index contributed by atoms with van der Waals surface area (Å²) in [4.78, 5) is 0. The average molecular weight is 207 g/mol. The first kappa shape index (κ1) is 9.64. The van der Waals surface area contributed by atoms with Crippen LogP contribution in [0.15, 0.2) is 28.9 Å². The Morgan fingerprint density at radius 3 is 2.93 bits per heavy atom. The number of halogens is 1. The third-order valence-corrected chi connectivity index (χ3v) is 2.03. The molecule has 0 bridgehead atoms. The molecular weight excluding hydrogens is 197 g/mol. The number of hydrogen-bond donors (Lipinski definition) is 1. The fourth-order valence-electron chi connectivity index (χ4n) is 1.19. The van der Waals surface area contributed by atoms with Crippen LogP contribution in [0, 0.1) is 12.7 Å². The molecule has 0 saturated heterocycles. The number of aromatic nitrogens is 2. The molecule has 5 heteroatoms. The molecule has 0 atom stereocenters. The SMILES string of the molecule is Cc1nonc1CNc1cccc(F)c1. The van der Waals surface area contributed by atoms with E-state index >= 15 is 0 Å². The zero-order chi connectivity index (χ0) is 10.7. The van der Waals surface area contributed by atoms with Gasteiger partial charge in [-0.2, -0.15) is 0 Å². The Labute approximate surface area is 86.1 Å². The quantitative estimate of drug-likeness (QED) is 0.837. The molecule has 0 unspecified atom stereocenters. The molecule has 2 rings (SSSR count). The number of benzene rings is 1. The maximum atomic E-state index is 12.8. The van der Waals surface area contributed by atoms with Crippen molar-refractivity contribution in [1.29, 1.82) is 0 Å². The van der Waals surface area contributed by atoms with E-state index in [0.717, 1.165) is 11.4 Å². The zero-order valence-electron chi connectivity index (χ0n) is 8.20. The van der Waals surface area contributed by atoms with Crippen molar-refractivity contribution in [3.05, 3.63) is 41.5 Å². The van der Waals surface area contributed by atoms with Gasteiger partial charge >= 0.3 is 0 Å². The van der Waals surface area contributed by atoms with E-state index in [1.54, 1.807) is 19.1 Å². The molecule has 15 heavy (non-hydrogen) atoms. The number of hydrogen-bond acceptors (Lipinski definition) is 4. The molecule has 2 aromatic rings. The van der Waals surface area contributed by atoms with Crippen LogP contribution < -0.4 is 5.32 Å². The van der Waals surface area contributed by atoms with Crippen LogP contribution in [0.25, 0.3) is 0 Å². The molecule has 0 amide bonds. The highest BCUT2D eigenvalue weighted by molar-refractivity contribution is 5.43. The Morgan fingerprint density at radius 2 is 2.27 bits per heavy atom. The van der Waals surface area contributed by atoms with Crippen LogP contribution in [0.1, 0.15) is 11.4 Å². The molecule has 0 fully saturated rings. The highest BCUT2D eigenvalue weighted by Crippen LogP contribution is 2.11. The lowest BCUT2D eigenvalue weighted by molar-refractivity contribution is 0.301. The minimum atomic E-state index is -0.269. The summed E-state index contributed by atoms with van der Waals surface area (Å²) < 4.78 is 17.4. The first-order valence-electron chi connectivity index (χ1n) is 4.53. The fourth-order valence-corrected chi connectivity index (χ4v) is 1.19. The van der Waals surface area contributed by atoms with Gasteiger partial charge in [-0.25, -0.2) is 9.02 Å². The number of rotatable bonds is 3. The van der Waals surface area contributed by atoms with E-state index in [2.05, 4.69) is 20.3 Å². The van der Waals surface area contributed by atoms with Gasteiger partial charge in [0.25, 0.3) is 0 Å². The van der Waals surface area contributed by atoms with Crippen molar-refractivity contribution in [2.75, 3.05) is 5.32 Å². The normalized spacial score (nSPS) is 10.3. The Bertz CT molecular complexity index is 455. The van der Waals surface area contributed by atoms with Gasteiger partial charge in [0.05, 0.1) is 6.54 Å². The molecule has 0 spiro atoms. The first-order valence-corrected chi connectivity index (χ1v) is 4.53. The molecule has 0 aliphatic carbocycles. The van der Waals surface area contributed by atoms with Crippen molar-refractivity contribution in [3.63, 3.8) is 0 Å². The standard InChI is InChI=1S/C10H10FN3O/c1-7-10(14-15-13-7)6-12-9-4-2-3-8(11)5-9/h2-5,12H,6H2,1H3. The number of aryl methyl sites for hydroxylation is 1. The molecule has 78 valence electrons. The summed E-state index contributed by atoms with van der Waals surface area (Å²) in [7, 11) is 0. The van der Waals surface area contributed by atoms with E-state index < -0.39 is 0 Å². The smallest absolute Gasteiger partial charge is 0.127 e. The lowest BCUT2D eigenvalue weighted by atomic mass is 10.3. The van der Waals surface area contributed by atoms with Crippen LogP contribution in [0.4, 0.5) is 10.1 Å². The summed E-state index contributed by atoms with van der Waals surface area (Å²) in [6.45, 7) is 2.28. The molecule has 1 aromatic heterocycles. The van der Waals surface area contributed by atoms with Gasteiger partial charge in [0, 0.05) is 5.69 Å². The van der Waals surface area contributed by atoms with Gasteiger partial charge in [-0.3, -0.25) is 0 Å². The fraction of sp³-hybridized carbons (Fsp3) is 0.200. The van der Waals surface area contributed by atoms with Crippen molar-refractivity contribution >= 4 is 5.69 Å². The molecular formula is C10H10FN3O. The molecule has 1 N–H and O–H groups in total. The van der Waals surface area contributed by atoms with Gasteiger partial charge in [0.2, 0.25) is 0 Å². The maximum absolute atomic E-state index is 12.8. The number of nitrogens with one attached hydrogen (secondary N) is 1. The molecule has 0 aliphatic heterocycles. The molecule has 4 nitrogen and oxygen atoms in total. The van der Waals surface area contributed by atoms with Crippen molar-refractivity contribution in [1.82, 2.24) is 10.3 Å². The van der Waals surface area contributed by atoms with Gasteiger partial charge in [-0.05, 0) is 25.1 Å². The molecule has 0 radical (unpaired) electrons. The van der Waals surface area contributed by atoms with Gasteiger partial charge in [-0.1, -0.05) is 16.4 Å². The topological polar surface area (TPSA) is 51.0 Å². The summed E-state index contributed by atoms with van der Waals surface area (Å²) in [6.07, 6.45) is 0. The zero-order valence-corrected chi connectivity index (χ0v) is 8.20. The number of anilines is 1. The average Bonchev–Trinajstić information content (AvgIpc) is 2.61. The lowest BCUT2D eigenvalue weighted by Crippen LogP contribution is -2.01. The summed E-state index contributed by atoms with van der Waals surface area (Å²) in [5, 5.41) is 10.4. The van der Waals surface area contributed by atoms with Crippen molar-refractivity contribution in [2.24, 2.45) is 0 Å². The second-order valence-corrected chi connectivity index (χ2v) is 3.16. The van der Waals surface area contributed by atoms with E-state index in [0.29, 0.717) is 12.2 Å². The highest BCUT2D eigenvalue weighted by atomic mass is 19.1. The van der Waals surface area contributed by atoms with E-state index in [1.807, 2.05) is 0 Å². The first-order chi connectivity index (χ1) is 7.25. The summed E-state index contributed by atoms with van der Waals surface area (Å²) in [6, 6.07) is 6.24. The van der Waals surface area contributed by atoms with Gasteiger partial charge in [-0.15, -0.1) is 0 Å². The van der Waals surface area contributed by atoms with Crippen LogP contribution in [-0.4, -0.2) is 10.3 Å². The van der Waals surface area contributed by atoms with Crippen molar-refractivity contribution in [3.8, 4) is 0 Å². The van der Waals surface area contributed by atoms with Crippen LogP contribution >= 0.6 is 0 Å². The van der Waals surface area contributed by atoms with E-state index in [1.165, 1.54) is 12.1 Å². The second kappa shape index (κ2) is 4.08. The maximum Gasteiger partial charge on any atom is 0.127 e. The predicted octanol–water partition coefficient (Wildman–Crippen LogP) is 2.13. The highest BCUT2D eigenvalue weighted by Gasteiger charge is 2.04. The lowest BCUT2D eigenvalue weighted by Gasteiger charge is -2.03. The monoisotopic (exact) mass is 207 g/mol. The molecule has 0 saturated carbocycles. The van der Waals surface area contributed by atoms with Crippen molar-refractivity contribution in [2.45, 2.75) is 13.5 Å². The summed E-state index contributed by atoms with van der Waals surface area (Å²) in [5.41, 5.74) is 2.16.